The zero-order valence-electron chi connectivity index (χ0n) is 11.3. The lowest BCUT2D eigenvalue weighted by Gasteiger charge is -2.06. The van der Waals surface area contributed by atoms with E-state index >= 15 is 0 Å². The molecule has 20 heavy (non-hydrogen) atoms. The molecule has 0 fully saturated rings. The number of carboxylic acids is 1. The molecule has 1 aromatic carbocycles. The molecule has 0 aliphatic heterocycles. The molecule has 0 atom stereocenters. The zero-order valence-corrected chi connectivity index (χ0v) is 11.3. The van der Waals surface area contributed by atoms with Gasteiger partial charge in [0.1, 0.15) is 6.54 Å². The van der Waals surface area contributed by atoms with Gasteiger partial charge in [0.15, 0.2) is 0 Å². The Kier molecular flexibility index (Phi) is 3.84. The van der Waals surface area contributed by atoms with Gasteiger partial charge in [0.25, 0.3) is 5.91 Å². The van der Waals surface area contributed by atoms with Gasteiger partial charge in [-0.25, -0.2) is 0 Å². The lowest BCUT2D eigenvalue weighted by molar-refractivity contribution is -0.137. The molecular formula is C14H15N3O3. The van der Waals surface area contributed by atoms with Crippen molar-refractivity contribution < 1.29 is 14.7 Å². The first-order chi connectivity index (χ1) is 9.45. The first kappa shape index (κ1) is 13.8. The van der Waals surface area contributed by atoms with Gasteiger partial charge in [-0.2, -0.15) is 5.10 Å². The fourth-order valence-electron chi connectivity index (χ4n) is 1.92. The van der Waals surface area contributed by atoms with E-state index in [4.69, 9.17) is 5.11 Å². The quantitative estimate of drug-likeness (QED) is 0.890. The highest BCUT2D eigenvalue weighted by Crippen LogP contribution is 2.13. The second-order valence-electron chi connectivity index (χ2n) is 4.59. The van der Waals surface area contributed by atoms with Crippen molar-refractivity contribution >= 4 is 17.6 Å². The number of nitrogens with one attached hydrogen (secondary N) is 1. The Balaban J connectivity index is 2.11. The maximum Gasteiger partial charge on any atom is 0.325 e. The molecule has 2 rings (SSSR count). The predicted octanol–water partition coefficient (Wildman–Crippen LogP) is 1.84. The smallest absolute Gasteiger partial charge is 0.325 e. The van der Waals surface area contributed by atoms with Gasteiger partial charge in [0.05, 0.1) is 11.9 Å². The van der Waals surface area contributed by atoms with Crippen LogP contribution in [-0.2, 0) is 11.3 Å². The van der Waals surface area contributed by atoms with Gasteiger partial charge in [0, 0.05) is 11.8 Å². The summed E-state index contributed by atoms with van der Waals surface area (Å²) in [5, 5.41) is 15.2. The number of amides is 1. The van der Waals surface area contributed by atoms with Crippen LogP contribution in [0.1, 0.15) is 21.5 Å². The molecule has 1 aromatic heterocycles. The molecule has 104 valence electrons. The normalized spacial score (nSPS) is 10.3. The molecule has 6 nitrogen and oxygen atoms in total. The monoisotopic (exact) mass is 273 g/mol. The van der Waals surface area contributed by atoms with Crippen LogP contribution >= 0.6 is 0 Å². The van der Waals surface area contributed by atoms with E-state index in [1.54, 1.807) is 6.07 Å². The summed E-state index contributed by atoms with van der Waals surface area (Å²) >= 11 is 0. The highest BCUT2D eigenvalue weighted by Gasteiger charge is 2.10. The molecule has 0 radical (unpaired) electrons. The topological polar surface area (TPSA) is 84.2 Å². The Hall–Kier alpha value is -2.63. The lowest BCUT2D eigenvalue weighted by Crippen LogP contribution is -2.13. The van der Waals surface area contributed by atoms with Crippen molar-refractivity contribution in [2.24, 2.45) is 0 Å². The third-order valence-corrected chi connectivity index (χ3v) is 2.81. The summed E-state index contributed by atoms with van der Waals surface area (Å²) in [6.45, 7) is 3.60. The number of carbonyl (C=O) groups excluding carboxylic acids is 1. The van der Waals surface area contributed by atoms with Crippen LogP contribution in [0.15, 0.2) is 30.6 Å². The summed E-state index contributed by atoms with van der Waals surface area (Å²) in [7, 11) is 0. The van der Waals surface area contributed by atoms with Gasteiger partial charge in [-0.1, -0.05) is 17.7 Å². The van der Waals surface area contributed by atoms with Crippen LogP contribution < -0.4 is 5.32 Å². The van der Waals surface area contributed by atoms with Crippen molar-refractivity contribution in [1.82, 2.24) is 9.78 Å². The largest absolute Gasteiger partial charge is 0.480 e. The number of aliphatic carboxylic acids is 1. The van der Waals surface area contributed by atoms with Crippen LogP contribution in [0.2, 0.25) is 0 Å². The van der Waals surface area contributed by atoms with Crippen molar-refractivity contribution in [3.63, 3.8) is 0 Å². The molecule has 0 spiro atoms. The fraction of sp³-hybridized carbons (Fsp3) is 0.214. The van der Waals surface area contributed by atoms with Gasteiger partial charge in [-0.05, 0) is 25.5 Å². The SMILES string of the molecule is Cc1ccc(C(=O)Nc2cnn(CC(=O)O)c2)c(C)c1. The fourth-order valence-corrected chi connectivity index (χ4v) is 1.92. The van der Waals surface area contributed by atoms with Crippen LogP contribution in [0.3, 0.4) is 0 Å². The summed E-state index contributed by atoms with van der Waals surface area (Å²) in [6.07, 6.45) is 2.90. The number of rotatable bonds is 4. The Morgan fingerprint density at radius 2 is 2.10 bits per heavy atom. The van der Waals surface area contributed by atoms with Gasteiger partial charge in [-0.15, -0.1) is 0 Å². The number of carbonyl (C=O) groups is 2. The van der Waals surface area contributed by atoms with Crippen molar-refractivity contribution in [2.75, 3.05) is 5.32 Å². The molecule has 0 aliphatic rings. The summed E-state index contributed by atoms with van der Waals surface area (Å²) in [4.78, 5) is 22.7. The Morgan fingerprint density at radius 3 is 2.75 bits per heavy atom. The Labute approximate surface area is 116 Å². The summed E-state index contributed by atoms with van der Waals surface area (Å²) in [5.41, 5.74) is 3.03. The van der Waals surface area contributed by atoms with Crippen molar-refractivity contribution in [2.45, 2.75) is 20.4 Å². The van der Waals surface area contributed by atoms with E-state index in [2.05, 4.69) is 10.4 Å². The minimum atomic E-state index is -0.986. The highest BCUT2D eigenvalue weighted by molar-refractivity contribution is 6.05. The summed E-state index contributed by atoms with van der Waals surface area (Å²) in [5.74, 6) is -1.22. The van der Waals surface area contributed by atoms with Crippen LogP contribution in [0.5, 0.6) is 0 Å². The molecule has 6 heteroatoms. The minimum Gasteiger partial charge on any atom is -0.480 e. The Bertz CT molecular complexity index is 661. The lowest BCUT2D eigenvalue weighted by atomic mass is 10.1. The maximum atomic E-state index is 12.1. The Morgan fingerprint density at radius 1 is 1.35 bits per heavy atom. The van der Waals surface area contributed by atoms with Crippen molar-refractivity contribution in [3.8, 4) is 0 Å². The molecule has 0 bridgehead atoms. The second-order valence-corrected chi connectivity index (χ2v) is 4.59. The molecule has 1 amide bonds. The van der Waals surface area contributed by atoms with Crippen LogP contribution in [0.4, 0.5) is 5.69 Å². The van der Waals surface area contributed by atoms with E-state index in [1.165, 1.54) is 17.1 Å². The van der Waals surface area contributed by atoms with Crippen molar-refractivity contribution in [1.29, 1.82) is 0 Å². The number of hydrogen-bond acceptors (Lipinski definition) is 3. The summed E-state index contributed by atoms with van der Waals surface area (Å²) < 4.78 is 1.25. The molecule has 0 aliphatic carbocycles. The first-order valence-electron chi connectivity index (χ1n) is 6.08. The predicted molar refractivity (Wildman–Crippen MR) is 73.7 cm³/mol. The molecule has 2 N–H and O–H groups in total. The van der Waals surface area contributed by atoms with Gasteiger partial charge in [0.2, 0.25) is 0 Å². The number of aromatic nitrogens is 2. The van der Waals surface area contributed by atoms with E-state index < -0.39 is 5.97 Å². The second kappa shape index (κ2) is 5.56. The number of carboxylic acid groups (broad SMARTS) is 1. The van der Waals surface area contributed by atoms with Gasteiger partial charge >= 0.3 is 5.97 Å². The van der Waals surface area contributed by atoms with Crippen LogP contribution in [0.25, 0.3) is 0 Å². The molecule has 0 unspecified atom stereocenters. The number of nitrogens with zero attached hydrogens (tertiary/aromatic N) is 2. The summed E-state index contributed by atoms with van der Waals surface area (Å²) in [6, 6.07) is 5.57. The van der Waals surface area contributed by atoms with E-state index in [0.717, 1.165) is 11.1 Å². The molecular weight excluding hydrogens is 258 g/mol. The standard InChI is InChI=1S/C14H15N3O3/c1-9-3-4-12(10(2)5-9)14(20)16-11-6-15-17(7-11)8-13(18)19/h3-7H,8H2,1-2H3,(H,16,20)(H,18,19). The minimum absolute atomic E-state index is 0.237. The molecule has 1 heterocycles. The van der Waals surface area contributed by atoms with Gasteiger partial charge in [-0.3, -0.25) is 14.3 Å². The maximum absolute atomic E-state index is 12.1. The highest BCUT2D eigenvalue weighted by atomic mass is 16.4. The van der Waals surface area contributed by atoms with E-state index in [9.17, 15) is 9.59 Å². The van der Waals surface area contributed by atoms with Gasteiger partial charge < -0.3 is 10.4 Å². The average molecular weight is 273 g/mol. The van der Waals surface area contributed by atoms with E-state index in [1.807, 2.05) is 26.0 Å². The van der Waals surface area contributed by atoms with E-state index in [0.29, 0.717) is 11.3 Å². The molecule has 0 saturated heterocycles. The number of hydrogen-bond donors (Lipinski definition) is 2. The van der Waals surface area contributed by atoms with Crippen LogP contribution in [-0.4, -0.2) is 26.8 Å². The number of benzene rings is 1. The first-order valence-corrected chi connectivity index (χ1v) is 6.08. The third kappa shape index (κ3) is 3.23. The third-order valence-electron chi connectivity index (χ3n) is 2.81. The van der Waals surface area contributed by atoms with Crippen molar-refractivity contribution in [3.05, 3.63) is 47.3 Å². The number of aryl methyl sites for hydroxylation is 2. The van der Waals surface area contributed by atoms with E-state index in [-0.39, 0.29) is 12.5 Å². The zero-order chi connectivity index (χ0) is 14.7. The number of anilines is 1. The average Bonchev–Trinajstić information content (AvgIpc) is 2.75. The van der Waals surface area contributed by atoms with Crippen LogP contribution in [0, 0.1) is 13.8 Å². The molecule has 0 saturated carbocycles. The molecule has 2 aromatic rings.